The molecule has 1 saturated heterocycles. The van der Waals surface area contributed by atoms with Crippen LogP contribution in [0.15, 0.2) is 36.4 Å². The Morgan fingerprint density at radius 3 is 2.79 bits per heavy atom. The third-order valence-electron chi connectivity index (χ3n) is 3.92. The van der Waals surface area contributed by atoms with Crippen LogP contribution in [-0.2, 0) is 18.0 Å². The van der Waals surface area contributed by atoms with Gasteiger partial charge < -0.3 is 14.8 Å². The van der Waals surface area contributed by atoms with Crippen LogP contribution in [0.1, 0.15) is 24.1 Å². The normalized spacial score (nSPS) is 15.4. The maximum absolute atomic E-state index is 13.7. The van der Waals surface area contributed by atoms with Crippen molar-refractivity contribution in [3.63, 3.8) is 0 Å². The molecule has 1 aromatic heterocycles. The van der Waals surface area contributed by atoms with Gasteiger partial charge in [-0.3, -0.25) is 0 Å². The van der Waals surface area contributed by atoms with Crippen molar-refractivity contribution in [1.82, 2.24) is 10.3 Å². The maximum atomic E-state index is 13.7. The third-order valence-corrected chi connectivity index (χ3v) is 4.16. The van der Waals surface area contributed by atoms with Gasteiger partial charge in [-0.1, -0.05) is 23.7 Å². The topological polar surface area (TPSA) is 43.4 Å². The predicted octanol–water partition coefficient (Wildman–Crippen LogP) is 3.72. The van der Waals surface area contributed by atoms with E-state index in [-0.39, 0.29) is 18.5 Å². The van der Waals surface area contributed by atoms with Crippen molar-refractivity contribution in [2.24, 2.45) is 0 Å². The van der Waals surface area contributed by atoms with Crippen LogP contribution >= 0.6 is 11.6 Å². The molecule has 0 spiro atoms. The highest BCUT2D eigenvalue weighted by Crippen LogP contribution is 2.17. The summed E-state index contributed by atoms with van der Waals surface area (Å²) < 4.78 is 25.2. The molecule has 1 aromatic carbocycles. The minimum atomic E-state index is -0.382. The van der Waals surface area contributed by atoms with Gasteiger partial charge in [0.15, 0.2) is 0 Å². The van der Waals surface area contributed by atoms with Gasteiger partial charge in [-0.2, -0.15) is 0 Å². The lowest BCUT2D eigenvalue weighted by Crippen LogP contribution is -2.32. The number of piperidine rings is 1. The van der Waals surface area contributed by atoms with E-state index >= 15 is 0 Å². The molecule has 0 radical (unpaired) electrons. The number of hydrogen-bond acceptors (Lipinski definition) is 4. The van der Waals surface area contributed by atoms with Gasteiger partial charge in [-0.25, -0.2) is 9.37 Å². The van der Waals surface area contributed by atoms with E-state index in [4.69, 9.17) is 21.1 Å². The van der Waals surface area contributed by atoms with Crippen molar-refractivity contribution >= 4 is 11.6 Å². The van der Waals surface area contributed by atoms with Gasteiger partial charge in [0.2, 0.25) is 5.88 Å². The van der Waals surface area contributed by atoms with Gasteiger partial charge in [0.25, 0.3) is 0 Å². The van der Waals surface area contributed by atoms with E-state index in [2.05, 4.69) is 10.3 Å². The average Bonchev–Trinajstić information content (AvgIpc) is 2.60. The van der Waals surface area contributed by atoms with Crippen LogP contribution in [0.25, 0.3) is 0 Å². The number of aromatic nitrogens is 1. The second-order valence-corrected chi connectivity index (χ2v) is 6.19. The molecule has 2 aromatic rings. The number of nitrogens with one attached hydrogen (secondary N) is 1. The van der Waals surface area contributed by atoms with E-state index in [1.54, 1.807) is 18.2 Å². The first-order valence-electron chi connectivity index (χ1n) is 8.06. The fourth-order valence-electron chi connectivity index (χ4n) is 2.57. The summed E-state index contributed by atoms with van der Waals surface area (Å²) in [5.41, 5.74) is 1.25. The molecule has 0 amide bonds. The maximum Gasteiger partial charge on any atom is 0.213 e. The summed E-state index contributed by atoms with van der Waals surface area (Å²) in [6.07, 6.45) is 2.32. The fraction of sp³-hybridized carbons (Fsp3) is 0.389. The number of benzene rings is 1. The van der Waals surface area contributed by atoms with E-state index < -0.39 is 0 Å². The molecule has 1 aliphatic rings. The molecule has 0 bridgehead atoms. The molecule has 3 rings (SSSR count). The van der Waals surface area contributed by atoms with Crippen LogP contribution in [-0.4, -0.2) is 24.2 Å². The van der Waals surface area contributed by atoms with Crippen LogP contribution in [0.3, 0.4) is 0 Å². The molecule has 6 heteroatoms. The zero-order valence-electron chi connectivity index (χ0n) is 13.3. The molecular weight excluding hydrogens is 331 g/mol. The smallest absolute Gasteiger partial charge is 0.213 e. The molecule has 0 unspecified atom stereocenters. The van der Waals surface area contributed by atoms with Crippen LogP contribution in [0.2, 0.25) is 5.02 Å². The van der Waals surface area contributed by atoms with Crippen LogP contribution < -0.4 is 10.1 Å². The Balaban J connectivity index is 1.54. The number of pyridine rings is 1. The Kier molecular flexibility index (Phi) is 6.01. The van der Waals surface area contributed by atoms with Crippen LogP contribution in [0.4, 0.5) is 4.39 Å². The summed E-state index contributed by atoms with van der Waals surface area (Å²) in [5.74, 6) is 0.0728. The summed E-state index contributed by atoms with van der Waals surface area (Å²) in [4.78, 5) is 4.41. The SMILES string of the molecule is Fc1cc(Cl)ccc1COc1cccc(COC2CCNCC2)n1. The first kappa shape index (κ1) is 17.1. The highest BCUT2D eigenvalue weighted by Gasteiger charge is 2.13. The molecular formula is C18H20ClFN2O2. The van der Waals surface area contributed by atoms with Crippen LogP contribution in [0, 0.1) is 5.82 Å². The lowest BCUT2D eigenvalue weighted by Gasteiger charge is -2.22. The van der Waals surface area contributed by atoms with E-state index in [1.807, 2.05) is 12.1 Å². The van der Waals surface area contributed by atoms with Gasteiger partial charge >= 0.3 is 0 Å². The number of ether oxygens (including phenoxy) is 2. The van der Waals surface area contributed by atoms with Crippen molar-refractivity contribution in [2.75, 3.05) is 13.1 Å². The lowest BCUT2D eigenvalue weighted by atomic mass is 10.1. The lowest BCUT2D eigenvalue weighted by molar-refractivity contribution is 0.0193. The van der Waals surface area contributed by atoms with E-state index in [1.165, 1.54) is 6.07 Å². The van der Waals surface area contributed by atoms with Crippen molar-refractivity contribution in [3.05, 3.63) is 58.5 Å². The van der Waals surface area contributed by atoms with Gasteiger partial charge in [0, 0.05) is 16.7 Å². The van der Waals surface area contributed by atoms with E-state index in [0.717, 1.165) is 31.6 Å². The Morgan fingerprint density at radius 2 is 2.00 bits per heavy atom. The number of nitrogens with zero attached hydrogens (tertiary/aromatic N) is 1. The first-order valence-corrected chi connectivity index (χ1v) is 8.43. The van der Waals surface area contributed by atoms with Crippen molar-refractivity contribution in [2.45, 2.75) is 32.2 Å². The monoisotopic (exact) mass is 350 g/mol. The minimum absolute atomic E-state index is 0.106. The number of rotatable bonds is 6. The van der Waals surface area contributed by atoms with Crippen LogP contribution in [0.5, 0.6) is 5.88 Å². The Morgan fingerprint density at radius 1 is 1.17 bits per heavy atom. The second kappa shape index (κ2) is 8.42. The van der Waals surface area contributed by atoms with Crippen molar-refractivity contribution in [1.29, 1.82) is 0 Å². The summed E-state index contributed by atoms with van der Waals surface area (Å²) in [5, 5.41) is 3.67. The highest BCUT2D eigenvalue weighted by molar-refractivity contribution is 6.30. The molecule has 24 heavy (non-hydrogen) atoms. The van der Waals surface area contributed by atoms with E-state index in [9.17, 15) is 4.39 Å². The first-order chi connectivity index (χ1) is 11.7. The predicted molar refractivity (Wildman–Crippen MR) is 90.7 cm³/mol. The minimum Gasteiger partial charge on any atom is -0.473 e. The van der Waals surface area contributed by atoms with Gasteiger partial charge in [0.1, 0.15) is 12.4 Å². The zero-order valence-corrected chi connectivity index (χ0v) is 14.1. The molecule has 0 aliphatic carbocycles. The number of hydrogen-bond donors (Lipinski definition) is 1. The van der Waals surface area contributed by atoms with Gasteiger partial charge in [-0.05, 0) is 44.1 Å². The standard InChI is InChI=1S/C18H20ClFN2O2/c19-14-5-4-13(17(20)10-14)11-24-18-3-1-2-15(22-18)12-23-16-6-8-21-9-7-16/h1-5,10,16,21H,6-9,11-12H2. The van der Waals surface area contributed by atoms with Crippen molar-refractivity contribution < 1.29 is 13.9 Å². The summed E-state index contributed by atoms with van der Waals surface area (Å²) in [6, 6.07) is 10.0. The summed E-state index contributed by atoms with van der Waals surface area (Å²) >= 11 is 5.74. The van der Waals surface area contributed by atoms with Crippen molar-refractivity contribution in [3.8, 4) is 5.88 Å². The summed E-state index contributed by atoms with van der Waals surface area (Å²) in [7, 11) is 0. The molecule has 1 N–H and O–H groups in total. The Bertz CT molecular complexity index is 678. The largest absolute Gasteiger partial charge is 0.473 e. The molecule has 4 nitrogen and oxygen atoms in total. The Labute approximate surface area is 146 Å². The quantitative estimate of drug-likeness (QED) is 0.862. The van der Waals surface area contributed by atoms with Gasteiger partial charge in [0.05, 0.1) is 18.4 Å². The average molecular weight is 351 g/mol. The summed E-state index contributed by atoms with van der Waals surface area (Å²) in [6.45, 7) is 2.55. The molecule has 0 saturated carbocycles. The molecule has 128 valence electrons. The molecule has 1 fully saturated rings. The third kappa shape index (κ3) is 4.90. The van der Waals surface area contributed by atoms with Gasteiger partial charge in [-0.15, -0.1) is 0 Å². The second-order valence-electron chi connectivity index (χ2n) is 5.75. The molecule has 0 atom stereocenters. The van der Waals surface area contributed by atoms with E-state index in [0.29, 0.717) is 23.1 Å². The molecule has 2 heterocycles. The fourth-order valence-corrected chi connectivity index (χ4v) is 2.73. The Hall–Kier alpha value is -1.69. The number of halogens is 2. The molecule has 1 aliphatic heterocycles. The zero-order chi connectivity index (χ0) is 16.8. The highest BCUT2D eigenvalue weighted by atomic mass is 35.5.